The number of Topliss-reactive ketones (excluding diaryl/α,β-unsaturated/α-hetero) is 1. The van der Waals surface area contributed by atoms with Crippen LogP contribution in [0.4, 0.5) is 27.5 Å². The number of ketones is 1. The lowest BCUT2D eigenvalue weighted by molar-refractivity contribution is -0.145. The third-order valence-electron chi connectivity index (χ3n) is 7.73. The van der Waals surface area contributed by atoms with Gasteiger partial charge in [-0.05, 0) is 88.6 Å². The molecule has 1 aliphatic heterocycles. The standard InChI is InChI=1S/C37H44N8O12/c1-37(2,3)57-36(56)42-28(35(54)55)17-22(34(52)53)5-4-6-29(47)39-19-30(48)40-20-31(49)41-24-9-13-26(14-10-24)44-43-25-11-7-23(8-12-25)38-18-27(46)21-45-32(50)15-16-33(45)51/h7-16,22,28,38H,4-6,17-21H2,1-3H3,(H,39,47)(H,40,48)(H,41,49)(H,42,56)(H,52,53)(H,54,55)/t22?,28-/m0/s1. The van der Waals surface area contributed by atoms with Crippen molar-refractivity contribution in [1.29, 1.82) is 0 Å². The number of ether oxygens (including phenoxy) is 1. The van der Waals surface area contributed by atoms with Crippen molar-refractivity contribution in [3.05, 3.63) is 60.7 Å². The first kappa shape index (κ1) is 44.4. The molecule has 0 bridgehead atoms. The Balaban J connectivity index is 1.32. The van der Waals surface area contributed by atoms with Gasteiger partial charge in [0.1, 0.15) is 11.6 Å². The molecule has 6 amide bonds. The molecular formula is C37H44N8O12. The van der Waals surface area contributed by atoms with Gasteiger partial charge >= 0.3 is 18.0 Å². The number of anilines is 2. The Bertz CT molecular complexity index is 1870. The van der Waals surface area contributed by atoms with Crippen LogP contribution < -0.4 is 26.6 Å². The van der Waals surface area contributed by atoms with Crippen molar-refractivity contribution in [2.45, 2.75) is 58.1 Å². The molecule has 3 rings (SSSR count). The monoisotopic (exact) mass is 792 g/mol. The highest BCUT2D eigenvalue weighted by atomic mass is 16.6. The maximum Gasteiger partial charge on any atom is 0.408 e. The Morgan fingerprint density at radius 1 is 0.737 bits per heavy atom. The molecule has 304 valence electrons. The average molecular weight is 793 g/mol. The smallest absolute Gasteiger partial charge is 0.408 e. The fraction of sp³-hybridized carbons (Fsp3) is 0.378. The number of carboxylic acids is 2. The molecule has 0 saturated heterocycles. The van der Waals surface area contributed by atoms with Crippen molar-refractivity contribution in [2.24, 2.45) is 16.1 Å². The molecule has 0 spiro atoms. The summed E-state index contributed by atoms with van der Waals surface area (Å²) in [5.41, 5.74) is 1.12. The van der Waals surface area contributed by atoms with Crippen LogP contribution in [0.25, 0.3) is 0 Å². The van der Waals surface area contributed by atoms with Gasteiger partial charge in [-0.25, -0.2) is 9.59 Å². The van der Waals surface area contributed by atoms with Gasteiger partial charge in [0, 0.05) is 29.9 Å². The van der Waals surface area contributed by atoms with Crippen molar-refractivity contribution < 1.29 is 58.1 Å². The van der Waals surface area contributed by atoms with Crippen molar-refractivity contribution in [1.82, 2.24) is 20.9 Å². The number of hydrogen-bond acceptors (Lipinski definition) is 13. The second kappa shape index (κ2) is 21.2. The summed E-state index contributed by atoms with van der Waals surface area (Å²) >= 11 is 0. The lowest BCUT2D eigenvalue weighted by atomic mass is 9.94. The van der Waals surface area contributed by atoms with E-state index in [0.717, 1.165) is 17.1 Å². The normalized spacial score (nSPS) is 13.4. The van der Waals surface area contributed by atoms with Crippen LogP contribution >= 0.6 is 0 Å². The number of azo groups is 1. The zero-order chi connectivity index (χ0) is 42.1. The highest BCUT2D eigenvalue weighted by Gasteiger charge is 2.30. The summed E-state index contributed by atoms with van der Waals surface area (Å²) in [5, 5.41) is 39.7. The van der Waals surface area contributed by atoms with Gasteiger partial charge in [0.2, 0.25) is 17.7 Å². The van der Waals surface area contributed by atoms with Gasteiger partial charge in [-0.3, -0.25) is 38.5 Å². The van der Waals surface area contributed by atoms with E-state index < -0.39 is 84.6 Å². The molecule has 7 N–H and O–H groups in total. The van der Waals surface area contributed by atoms with Gasteiger partial charge < -0.3 is 41.5 Å². The highest BCUT2D eigenvalue weighted by molar-refractivity contribution is 6.14. The summed E-state index contributed by atoms with van der Waals surface area (Å²) in [6.07, 6.45) is 0.589. The number of alkyl carbamates (subject to hydrolysis) is 1. The molecule has 20 heteroatoms. The van der Waals surface area contributed by atoms with Gasteiger partial charge in [-0.2, -0.15) is 10.2 Å². The van der Waals surface area contributed by atoms with Crippen molar-refractivity contribution >= 4 is 76.1 Å². The lowest BCUT2D eigenvalue weighted by Gasteiger charge is -2.23. The summed E-state index contributed by atoms with van der Waals surface area (Å²) < 4.78 is 5.03. The second-order valence-electron chi connectivity index (χ2n) is 13.6. The molecular weight excluding hydrogens is 748 g/mol. The maximum absolute atomic E-state index is 12.3. The lowest BCUT2D eigenvalue weighted by Crippen LogP contribution is -2.45. The number of nitrogens with zero attached hydrogens (tertiary/aromatic N) is 3. The molecule has 57 heavy (non-hydrogen) atoms. The molecule has 0 fully saturated rings. The summed E-state index contributed by atoms with van der Waals surface area (Å²) in [4.78, 5) is 108. The predicted molar refractivity (Wildman–Crippen MR) is 201 cm³/mol. The van der Waals surface area contributed by atoms with Crippen molar-refractivity contribution in [3.8, 4) is 0 Å². The van der Waals surface area contributed by atoms with E-state index in [2.05, 4.69) is 36.8 Å². The summed E-state index contributed by atoms with van der Waals surface area (Å²) in [6.45, 7) is 3.50. The number of carboxylic acid groups (broad SMARTS) is 2. The van der Waals surface area contributed by atoms with E-state index >= 15 is 0 Å². The van der Waals surface area contributed by atoms with E-state index in [1.807, 2.05) is 0 Å². The summed E-state index contributed by atoms with van der Waals surface area (Å²) in [5.74, 6) is -7.10. The molecule has 1 aliphatic rings. The van der Waals surface area contributed by atoms with E-state index in [9.17, 15) is 53.4 Å². The molecule has 0 radical (unpaired) electrons. The molecule has 2 atom stereocenters. The topological polar surface area (TPSA) is 291 Å². The minimum Gasteiger partial charge on any atom is -0.481 e. The summed E-state index contributed by atoms with van der Waals surface area (Å²) in [6, 6.07) is 11.5. The Hall–Kier alpha value is -6.99. The number of rotatable bonds is 21. The molecule has 2 aromatic rings. The first-order valence-corrected chi connectivity index (χ1v) is 17.6. The van der Waals surface area contributed by atoms with Gasteiger partial charge in [0.25, 0.3) is 11.8 Å². The minimum atomic E-state index is -1.53. The van der Waals surface area contributed by atoms with Crippen LogP contribution in [0.15, 0.2) is 70.9 Å². The number of carbonyl (C=O) groups is 9. The zero-order valence-corrected chi connectivity index (χ0v) is 31.4. The van der Waals surface area contributed by atoms with E-state index in [1.165, 1.54) is 0 Å². The van der Waals surface area contributed by atoms with Crippen LogP contribution in [0.1, 0.15) is 46.5 Å². The number of imide groups is 1. The number of amides is 6. The molecule has 0 aromatic heterocycles. The predicted octanol–water partition coefficient (Wildman–Crippen LogP) is 2.42. The Morgan fingerprint density at radius 2 is 1.28 bits per heavy atom. The SMILES string of the molecule is CC(C)(C)OC(=O)N[C@@H](CC(CCCC(=O)NCC(=O)NCC(=O)Nc1ccc(N=Nc2ccc(NCC(=O)CN3C(=O)C=CC3=O)cc2)cc1)C(=O)O)C(=O)O. The van der Waals surface area contributed by atoms with Crippen LogP contribution in [0.3, 0.4) is 0 Å². The van der Waals surface area contributed by atoms with Crippen molar-refractivity contribution in [3.63, 3.8) is 0 Å². The Kier molecular flexibility index (Phi) is 16.5. The third kappa shape index (κ3) is 16.5. The maximum atomic E-state index is 12.3. The third-order valence-corrected chi connectivity index (χ3v) is 7.73. The number of carbonyl (C=O) groups excluding carboxylic acids is 7. The minimum absolute atomic E-state index is 0.0523. The van der Waals surface area contributed by atoms with E-state index in [0.29, 0.717) is 22.7 Å². The van der Waals surface area contributed by atoms with E-state index in [4.69, 9.17) is 4.74 Å². The van der Waals surface area contributed by atoms with Crippen molar-refractivity contribution in [2.75, 3.05) is 36.8 Å². The molecule has 20 nitrogen and oxygen atoms in total. The van der Waals surface area contributed by atoms with E-state index in [-0.39, 0.29) is 38.1 Å². The van der Waals surface area contributed by atoms with Crippen LogP contribution in [0.5, 0.6) is 0 Å². The molecule has 0 saturated carbocycles. The second-order valence-corrected chi connectivity index (χ2v) is 13.6. The molecule has 0 aliphatic carbocycles. The largest absolute Gasteiger partial charge is 0.481 e. The number of benzene rings is 2. The number of aliphatic carboxylic acids is 2. The Morgan fingerprint density at radius 3 is 1.82 bits per heavy atom. The quantitative estimate of drug-likeness (QED) is 0.0707. The molecule has 1 unspecified atom stereocenters. The highest BCUT2D eigenvalue weighted by Crippen LogP contribution is 2.22. The van der Waals surface area contributed by atoms with Crippen LogP contribution in [0, 0.1) is 5.92 Å². The van der Waals surface area contributed by atoms with Gasteiger partial charge in [0.05, 0.1) is 43.5 Å². The number of hydrogen-bond donors (Lipinski definition) is 7. The van der Waals surface area contributed by atoms with Gasteiger partial charge in [0.15, 0.2) is 5.78 Å². The molecule has 2 aromatic carbocycles. The fourth-order valence-corrected chi connectivity index (χ4v) is 4.91. The van der Waals surface area contributed by atoms with Crippen LogP contribution in [-0.4, -0.2) is 106 Å². The van der Waals surface area contributed by atoms with E-state index in [1.54, 1.807) is 69.3 Å². The first-order valence-electron chi connectivity index (χ1n) is 17.6. The molecule has 1 heterocycles. The van der Waals surface area contributed by atoms with Crippen LogP contribution in [-0.2, 0) is 43.1 Å². The number of nitrogens with one attached hydrogen (secondary N) is 5. The average Bonchev–Trinajstić information content (AvgIpc) is 3.45. The summed E-state index contributed by atoms with van der Waals surface area (Å²) in [7, 11) is 0. The first-order chi connectivity index (χ1) is 26.9. The fourth-order valence-electron chi connectivity index (χ4n) is 4.91. The van der Waals surface area contributed by atoms with Gasteiger partial charge in [-0.15, -0.1) is 0 Å². The zero-order valence-electron chi connectivity index (χ0n) is 31.4. The van der Waals surface area contributed by atoms with Crippen LogP contribution in [0.2, 0.25) is 0 Å². The Labute approximate surface area is 326 Å². The van der Waals surface area contributed by atoms with Gasteiger partial charge in [-0.1, -0.05) is 0 Å².